The summed E-state index contributed by atoms with van der Waals surface area (Å²) < 4.78 is 23.6. The van der Waals surface area contributed by atoms with E-state index < -0.39 is 15.4 Å². The number of nitrogens with one attached hydrogen (secondary N) is 2. The number of aromatic amines is 1. The van der Waals surface area contributed by atoms with Gasteiger partial charge in [0.25, 0.3) is 5.56 Å². The number of hydrogen-bond donors (Lipinski definition) is 2. The molecule has 2 rings (SSSR count). The Bertz CT molecular complexity index is 1060. The van der Waals surface area contributed by atoms with Gasteiger partial charge in [0.15, 0.2) is 9.84 Å². The average molecular weight is 373 g/mol. The zero-order valence-electron chi connectivity index (χ0n) is 14.7. The van der Waals surface area contributed by atoms with Crippen LogP contribution in [0.5, 0.6) is 0 Å². The maximum Gasteiger partial charge on any atom is 0.266 e. The van der Waals surface area contributed by atoms with Crippen LogP contribution in [0.1, 0.15) is 28.8 Å². The molecule has 0 aliphatic heterocycles. The van der Waals surface area contributed by atoms with Gasteiger partial charge in [0, 0.05) is 18.4 Å². The van der Waals surface area contributed by atoms with E-state index in [1.165, 1.54) is 12.1 Å². The lowest BCUT2D eigenvalue weighted by Crippen LogP contribution is -2.19. The Morgan fingerprint density at radius 2 is 1.92 bits per heavy atom. The van der Waals surface area contributed by atoms with Crippen molar-refractivity contribution in [1.82, 2.24) is 4.98 Å². The zero-order valence-corrected chi connectivity index (χ0v) is 15.5. The summed E-state index contributed by atoms with van der Waals surface area (Å²) in [4.78, 5) is 26.7. The highest BCUT2D eigenvalue weighted by molar-refractivity contribution is 7.90. The van der Waals surface area contributed by atoms with E-state index in [0.717, 1.165) is 11.8 Å². The lowest BCUT2D eigenvalue weighted by molar-refractivity contribution is -0.116. The first kappa shape index (κ1) is 19.4. The second kappa shape index (κ2) is 7.54. The Morgan fingerprint density at radius 1 is 1.27 bits per heavy atom. The molecule has 0 bridgehead atoms. The highest BCUT2D eigenvalue weighted by Crippen LogP contribution is 2.21. The predicted molar refractivity (Wildman–Crippen MR) is 97.8 cm³/mol. The van der Waals surface area contributed by atoms with Crippen molar-refractivity contribution in [3.8, 4) is 6.07 Å². The van der Waals surface area contributed by atoms with Gasteiger partial charge in [-0.25, -0.2) is 8.42 Å². The summed E-state index contributed by atoms with van der Waals surface area (Å²) in [5.41, 5.74) is 1.71. The van der Waals surface area contributed by atoms with Gasteiger partial charge in [-0.15, -0.1) is 0 Å². The number of nitriles is 1. The molecule has 0 fully saturated rings. The van der Waals surface area contributed by atoms with Crippen LogP contribution in [0.25, 0.3) is 0 Å². The van der Waals surface area contributed by atoms with Crippen LogP contribution in [-0.2, 0) is 21.1 Å². The van der Waals surface area contributed by atoms with Gasteiger partial charge >= 0.3 is 0 Å². The van der Waals surface area contributed by atoms with Gasteiger partial charge in [0.1, 0.15) is 11.6 Å². The van der Waals surface area contributed by atoms with Crippen molar-refractivity contribution in [1.29, 1.82) is 5.26 Å². The molecule has 0 unspecified atom stereocenters. The maximum atomic E-state index is 12.3. The molecule has 1 heterocycles. The molecule has 0 radical (unpaired) electrons. The van der Waals surface area contributed by atoms with E-state index >= 15 is 0 Å². The normalized spacial score (nSPS) is 11.0. The molecule has 136 valence electrons. The number of benzene rings is 1. The van der Waals surface area contributed by atoms with Crippen LogP contribution in [0.15, 0.2) is 34.0 Å². The molecule has 0 aliphatic rings. The van der Waals surface area contributed by atoms with E-state index in [-0.39, 0.29) is 28.5 Å². The van der Waals surface area contributed by atoms with Gasteiger partial charge in [0.05, 0.1) is 10.6 Å². The van der Waals surface area contributed by atoms with Crippen molar-refractivity contribution in [3.05, 3.63) is 57.0 Å². The fraction of sp³-hybridized carbons (Fsp3) is 0.278. The summed E-state index contributed by atoms with van der Waals surface area (Å²) in [6, 6.07) is 8.05. The van der Waals surface area contributed by atoms with E-state index in [4.69, 9.17) is 5.26 Å². The number of hydrogen-bond acceptors (Lipinski definition) is 5. The third kappa shape index (κ3) is 4.18. The van der Waals surface area contributed by atoms with E-state index in [1.807, 2.05) is 6.07 Å². The summed E-state index contributed by atoms with van der Waals surface area (Å²) in [5.74, 6) is -0.357. The summed E-state index contributed by atoms with van der Waals surface area (Å²) in [6.45, 7) is 3.38. The van der Waals surface area contributed by atoms with Crippen LogP contribution in [0.2, 0.25) is 0 Å². The number of H-pyrrole nitrogens is 1. The quantitative estimate of drug-likeness (QED) is 0.828. The molecule has 1 amide bonds. The first-order chi connectivity index (χ1) is 12.1. The minimum Gasteiger partial charge on any atom is -0.325 e. The number of pyridine rings is 1. The van der Waals surface area contributed by atoms with Crippen molar-refractivity contribution in [2.24, 2.45) is 0 Å². The molecule has 8 heteroatoms. The van der Waals surface area contributed by atoms with Crippen LogP contribution in [0.4, 0.5) is 5.69 Å². The molecule has 0 saturated heterocycles. The van der Waals surface area contributed by atoms with Crippen LogP contribution in [0, 0.1) is 25.2 Å². The van der Waals surface area contributed by atoms with Crippen LogP contribution in [-0.4, -0.2) is 25.6 Å². The minimum absolute atomic E-state index is 0.0356. The van der Waals surface area contributed by atoms with E-state index in [9.17, 15) is 18.0 Å². The topological polar surface area (TPSA) is 120 Å². The van der Waals surface area contributed by atoms with E-state index in [2.05, 4.69) is 10.3 Å². The van der Waals surface area contributed by atoms with Gasteiger partial charge < -0.3 is 10.3 Å². The molecular formula is C18H19N3O4S. The third-order valence-corrected chi connectivity index (χ3v) is 5.24. The Hall–Kier alpha value is -2.92. The number of carbonyl (C=O) groups excluding carboxylic acids is 1. The van der Waals surface area contributed by atoms with Gasteiger partial charge in [-0.1, -0.05) is 12.1 Å². The number of aryl methyl sites for hydroxylation is 1. The molecule has 26 heavy (non-hydrogen) atoms. The first-order valence-corrected chi connectivity index (χ1v) is 9.75. The molecule has 0 aliphatic carbocycles. The van der Waals surface area contributed by atoms with Crippen molar-refractivity contribution < 1.29 is 13.2 Å². The third-order valence-electron chi connectivity index (χ3n) is 4.08. The zero-order chi connectivity index (χ0) is 19.5. The van der Waals surface area contributed by atoms with E-state index in [0.29, 0.717) is 17.7 Å². The monoisotopic (exact) mass is 373 g/mol. The molecule has 0 saturated carbocycles. The van der Waals surface area contributed by atoms with Crippen LogP contribution < -0.4 is 10.9 Å². The van der Waals surface area contributed by atoms with Crippen molar-refractivity contribution in [2.75, 3.05) is 11.6 Å². The van der Waals surface area contributed by atoms with Crippen LogP contribution in [0.3, 0.4) is 0 Å². The average Bonchev–Trinajstić information content (AvgIpc) is 2.54. The fourth-order valence-corrected chi connectivity index (χ4v) is 3.61. The predicted octanol–water partition coefficient (Wildman–Crippen LogP) is 1.84. The molecule has 2 N–H and O–H groups in total. The van der Waals surface area contributed by atoms with Gasteiger partial charge in [-0.3, -0.25) is 9.59 Å². The Balaban J connectivity index is 2.20. The first-order valence-electron chi connectivity index (χ1n) is 7.86. The summed E-state index contributed by atoms with van der Waals surface area (Å²) in [7, 11) is -3.46. The van der Waals surface area contributed by atoms with Gasteiger partial charge in [-0.2, -0.15) is 5.26 Å². The molecule has 0 atom stereocenters. The second-order valence-electron chi connectivity index (χ2n) is 5.99. The Kier molecular flexibility index (Phi) is 5.63. The SMILES string of the molecule is Cc1[nH]c(=O)c(C#N)c(C)c1CCC(=O)Nc1ccccc1S(C)(=O)=O. The summed E-state index contributed by atoms with van der Waals surface area (Å²) in [6.07, 6.45) is 1.47. The fourth-order valence-electron chi connectivity index (χ4n) is 2.76. The smallest absolute Gasteiger partial charge is 0.266 e. The number of aromatic nitrogens is 1. The van der Waals surface area contributed by atoms with Crippen LogP contribution >= 0.6 is 0 Å². The molecule has 0 spiro atoms. The molecule has 7 nitrogen and oxygen atoms in total. The highest BCUT2D eigenvalue weighted by atomic mass is 32.2. The Labute approximate surface area is 151 Å². The molecule has 1 aromatic heterocycles. The van der Waals surface area contributed by atoms with Crippen molar-refractivity contribution >= 4 is 21.4 Å². The lowest BCUT2D eigenvalue weighted by Gasteiger charge is -2.12. The molecular weight excluding hydrogens is 354 g/mol. The molecule has 2 aromatic rings. The Morgan fingerprint density at radius 3 is 2.54 bits per heavy atom. The molecule has 1 aromatic carbocycles. The highest BCUT2D eigenvalue weighted by Gasteiger charge is 2.16. The summed E-state index contributed by atoms with van der Waals surface area (Å²) >= 11 is 0. The van der Waals surface area contributed by atoms with Crippen molar-refractivity contribution in [3.63, 3.8) is 0 Å². The number of nitrogens with zero attached hydrogens (tertiary/aromatic N) is 1. The van der Waals surface area contributed by atoms with Crippen molar-refractivity contribution in [2.45, 2.75) is 31.6 Å². The number of sulfone groups is 1. The maximum absolute atomic E-state index is 12.3. The summed E-state index contributed by atoms with van der Waals surface area (Å²) in [5, 5.41) is 11.7. The van der Waals surface area contributed by atoms with Gasteiger partial charge in [-0.05, 0) is 43.5 Å². The largest absolute Gasteiger partial charge is 0.325 e. The van der Waals surface area contributed by atoms with E-state index in [1.54, 1.807) is 26.0 Å². The van der Waals surface area contributed by atoms with Gasteiger partial charge in [0.2, 0.25) is 5.91 Å². The number of para-hydroxylation sites is 1. The number of anilines is 1. The second-order valence-corrected chi connectivity index (χ2v) is 7.97. The lowest BCUT2D eigenvalue weighted by atomic mass is 9.99. The number of carbonyl (C=O) groups is 1. The number of rotatable bonds is 5. The number of amides is 1. The minimum atomic E-state index is -3.46. The standard InChI is InChI=1S/C18H19N3O4S/c1-11-13(12(2)20-18(23)14(11)10-19)8-9-17(22)21-15-6-4-5-7-16(15)26(3,24)25/h4-7H,8-9H2,1-3H3,(H,20,23)(H,21,22).